The lowest BCUT2D eigenvalue weighted by Crippen LogP contribution is -2.17. The van der Waals surface area contributed by atoms with Crippen molar-refractivity contribution in [1.29, 1.82) is 0 Å². The number of rotatable bonds is 5. The second kappa shape index (κ2) is 5.82. The van der Waals surface area contributed by atoms with E-state index in [1.54, 1.807) is 0 Å². The second-order valence-corrected chi connectivity index (χ2v) is 4.44. The van der Waals surface area contributed by atoms with E-state index in [1.165, 1.54) is 0 Å². The first-order chi connectivity index (χ1) is 8.31. The van der Waals surface area contributed by atoms with Gasteiger partial charge in [0.1, 0.15) is 11.5 Å². The van der Waals surface area contributed by atoms with Crippen LogP contribution >= 0.6 is 0 Å². The number of aliphatic hydroxyl groups is 1. The molecule has 17 heavy (non-hydrogen) atoms. The second-order valence-electron chi connectivity index (χ2n) is 4.44. The van der Waals surface area contributed by atoms with E-state index in [0.29, 0.717) is 25.9 Å². The molecule has 0 fully saturated rings. The van der Waals surface area contributed by atoms with E-state index < -0.39 is 0 Å². The normalized spacial score (nSPS) is 18.3. The number of Topliss-reactive ketones (excluding diaryl/α,β-unsaturated/α-hetero) is 1. The number of carbonyl (C=O) groups excluding carboxylic acids is 1. The number of benzene rings is 1. The lowest BCUT2D eigenvalue weighted by Gasteiger charge is -2.25. The van der Waals surface area contributed by atoms with Crippen molar-refractivity contribution < 1.29 is 14.6 Å². The summed E-state index contributed by atoms with van der Waals surface area (Å²) < 4.78 is 5.57. The zero-order valence-electron chi connectivity index (χ0n) is 9.89. The van der Waals surface area contributed by atoms with Crippen LogP contribution < -0.4 is 4.74 Å². The Morgan fingerprint density at radius 2 is 2.24 bits per heavy atom. The van der Waals surface area contributed by atoms with Gasteiger partial charge >= 0.3 is 0 Å². The molecule has 1 N–H and O–H groups in total. The zero-order valence-corrected chi connectivity index (χ0v) is 9.89. The van der Waals surface area contributed by atoms with E-state index in [4.69, 9.17) is 9.84 Å². The molecule has 1 aromatic carbocycles. The van der Waals surface area contributed by atoms with Crippen molar-refractivity contribution in [3.63, 3.8) is 0 Å². The Morgan fingerprint density at radius 1 is 1.41 bits per heavy atom. The summed E-state index contributed by atoms with van der Waals surface area (Å²) in [5.74, 6) is 1.44. The molecule has 0 aromatic heterocycles. The number of carbonyl (C=O) groups is 1. The van der Waals surface area contributed by atoms with Gasteiger partial charge in [0.05, 0.1) is 6.61 Å². The molecule has 0 spiro atoms. The van der Waals surface area contributed by atoms with Crippen LogP contribution in [0.2, 0.25) is 0 Å². The van der Waals surface area contributed by atoms with E-state index in [1.807, 2.05) is 24.3 Å². The number of hydrogen-bond acceptors (Lipinski definition) is 3. The highest BCUT2D eigenvalue weighted by molar-refractivity contribution is 5.79. The maximum absolute atomic E-state index is 11.7. The molecule has 1 unspecified atom stereocenters. The molecule has 0 aliphatic carbocycles. The molecule has 0 amide bonds. The van der Waals surface area contributed by atoms with Crippen molar-refractivity contribution in [2.45, 2.75) is 31.6 Å². The predicted octanol–water partition coefficient (Wildman–Crippen LogP) is 2.28. The Labute approximate surface area is 101 Å². The van der Waals surface area contributed by atoms with Crippen LogP contribution in [0.25, 0.3) is 0 Å². The number of aliphatic hydroxyl groups excluding tert-OH is 1. The summed E-state index contributed by atoms with van der Waals surface area (Å²) in [6, 6.07) is 7.94. The molecular weight excluding hydrogens is 216 g/mol. The van der Waals surface area contributed by atoms with Gasteiger partial charge in [-0.25, -0.2) is 0 Å². The van der Waals surface area contributed by atoms with Crippen LogP contribution in [0.15, 0.2) is 24.3 Å². The van der Waals surface area contributed by atoms with Gasteiger partial charge in [-0.15, -0.1) is 0 Å². The Bertz CT molecular complexity index is 387. The van der Waals surface area contributed by atoms with E-state index in [0.717, 1.165) is 17.7 Å². The monoisotopic (exact) mass is 234 g/mol. The van der Waals surface area contributed by atoms with Crippen molar-refractivity contribution in [3.05, 3.63) is 29.8 Å². The number of para-hydroxylation sites is 1. The smallest absolute Gasteiger partial charge is 0.133 e. The Hall–Kier alpha value is -1.35. The van der Waals surface area contributed by atoms with E-state index >= 15 is 0 Å². The van der Waals surface area contributed by atoms with Gasteiger partial charge in [-0.1, -0.05) is 18.2 Å². The van der Waals surface area contributed by atoms with E-state index in [2.05, 4.69) is 0 Å². The lowest BCUT2D eigenvalue weighted by atomic mass is 9.88. The summed E-state index contributed by atoms with van der Waals surface area (Å²) in [6.45, 7) is 0.783. The lowest BCUT2D eigenvalue weighted by molar-refractivity contribution is -0.119. The molecule has 1 aromatic rings. The van der Waals surface area contributed by atoms with Gasteiger partial charge in [0.2, 0.25) is 0 Å². The van der Waals surface area contributed by atoms with Crippen LogP contribution in [0.1, 0.15) is 37.2 Å². The van der Waals surface area contributed by atoms with E-state index in [9.17, 15) is 4.79 Å². The van der Waals surface area contributed by atoms with Crippen LogP contribution in [0.3, 0.4) is 0 Å². The minimum absolute atomic E-state index is 0.0934. The SMILES string of the molecule is O=C(CCCO)CC1CCOc2ccccc21. The summed E-state index contributed by atoms with van der Waals surface area (Å²) in [4.78, 5) is 11.7. The fraction of sp³-hybridized carbons (Fsp3) is 0.500. The minimum atomic E-state index is 0.0934. The molecule has 0 saturated carbocycles. The third kappa shape index (κ3) is 3.07. The summed E-state index contributed by atoms with van der Waals surface area (Å²) in [7, 11) is 0. The molecule has 1 aliphatic heterocycles. The van der Waals surface area contributed by atoms with Crippen molar-refractivity contribution in [2.75, 3.05) is 13.2 Å². The van der Waals surface area contributed by atoms with Gasteiger partial charge in [-0.2, -0.15) is 0 Å². The third-order valence-corrected chi connectivity index (χ3v) is 3.17. The molecule has 1 aliphatic rings. The molecule has 2 rings (SSSR count). The van der Waals surface area contributed by atoms with Crippen LogP contribution in [0.4, 0.5) is 0 Å². The van der Waals surface area contributed by atoms with Crippen molar-refractivity contribution in [3.8, 4) is 5.75 Å². The first-order valence-electron chi connectivity index (χ1n) is 6.15. The molecular formula is C14H18O3. The Kier molecular flexibility index (Phi) is 4.15. The first kappa shape index (κ1) is 12.1. The quantitative estimate of drug-likeness (QED) is 0.850. The van der Waals surface area contributed by atoms with Crippen LogP contribution in [-0.4, -0.2) is 24.1 Å². The van der Waals surface area contributed by atoms with Gasteiger partial charge in [0, 0.05) is 19.4 Å². The number of hydrogen-bond donors (Lipinski definition) is 1. The van der Waals surface area contributed by atoms with Gasteiger partial charge in [-0.3, -0.25) is 4.79 Å². The van der Waals surface area contributed by atoms with Crippen molar-refractivity contribution in [2.24, 2.45) is 0 Å². The molecule has 0 bridgehead atoms. The molecule has 3 nitrogen and oxygen atoms in total. The summed E-state index contributed by atoms with van der Waals surface area (Å²) in [5.41, 5.74) is 1.15. The van der Waals surface area contributed by atoms with Gasteiger partial charge in [0.15, 0.2) is 0 Å². The largest absolute Gasteiger partial charge is 0.493 e. The highest BCUT2D eigenvalue weighted by Crippen LogP contribution is 2.35. The first-order valence-corrected chi connectivity index (χ1v) is 6.15. The minimum Gasteiger partial charge on any atom is -0.493 e. The highest BCUT2D eigenvalue weighted by atomic mass is 16.5. The average molecular weight is 234 g/mol. The maximum atomic E-state index is 11.7. The Balaban J connectivity index is 2.01. The summed E-state index contributed by atoms with van der Waals surface area (Å²) in [6.07, 6.45) is 2.53. The molecule has 1 heterocycles. The topological polar surface area (TPSA) is 46.5 Å². The molecule has 92 valence electrons. The summed E-state index contributed by atoms with van der Waals surface area (Å²) >= 11 is 0. The number of ether oxygens (including phenoxy) is 1. The zero-order chi connectivity index (χ0) is 12.1. The fourth-order valence-corrected chi connectivity index (χ4v) is 2.28. The van der Waals surface area contributed by atoms with Crippen LogP contribution in [0.5, 0.6) is 5.75 Å². The maximum Gasteiger partial charge on any atom is 0.133 e. The van der Waals surface area contributed by atoms with Gasteiger partial charge < -0.3 is 9.84 Å². The molecule has 3 heteroatoms. The average Bonchev–Trinajstić information content (AvgIpc) is 2.37. The number of fused-ring (bicyclic) bond motifs is 1. The molecule has 1 atom stereocenters. The summed E-state index contributed by atoms with van der Waals surface area (Å²) in [5, 5.41) is 8.71. The van der Waals surface area contributed by atoms with Crippen LogP contribution in [-0.2, 0) is 4.79 Å². The standard InChI is InChI=1S/C14H18O3/c15-8-3-4-12(16)10-11-7-9-17-14-6-2-1-5-13(11)14/h1-2,5-6,11,15H,3-4,7-10H2. The Morgan fingerprint density at radius 3 is 3.06 bits per heavy atom. The van der Waals surface area contributed by atoms with Crippen LogP contribution in [0, 0.1) is 0 Å². The van der Waals surface area contributed by atoms with E-state index in [-0.39, 0.29) is 18.3 Å². The molecule has 0 saturated heterocycles. The molecule has 0 radical (unpaired) electrons. The van der Waals surface area contributed by atoms with Crippen molar-refractivity contribution in [1.82, 2.24) is 0 Å². The predicted molar refractivity (Wildman–Crippen MR) is 65.2 cm³/mol. The van der Waals surface area contributed by atoms with Crippen molar-refractivity contribution >= 4 is 5.78 Å². The van der Waals surface area contributed by atoms with Gasteiger partial charge in [-0.05, 0) is 30.4 Å². The fourth-order valence-electron chi connectivity index (χ4n) is 2.28. The highest BCUT2D eigenvalue weighted by Gasteiger charge is 2.22. The third-order valence-electron chi connectivity index (χ3n) is 3.17. The van der Waals surface area contributed by atoms with Gasteiger partial charge in [0.25, 0.3) is 0 Å². The number of ketones is 1.